The normalized spacial score (nSPS) is 13.9. The summed E-state index contributed by atoms with van der Waals surface area (Å²) >= 11 is 0. The highest BCUT2D eigenvalue weighted by molar-refractivity contribution is 5.79. The lowest BCUT2D eigenvalue weighted by atomic mass is 10.1. The van der Waals surface area contributed by atoms with Gasteiger partial charge in [-0.1, -0.05) is 0 Å². The van der Waals surface area contributed by atoms with E-state index in [9.17, 15) is 5.11 Å². The number of nitrogens with two attached hydrogens (primary N) is 1. The molecule has 2 heterocycles. The van der Waals surface area contributed by atoms with Crippen molar-refractivity contribution >= 4 is 23.0 Å². The van der Waals surface area contributed by atoms with Gasteiger partial charge in [0.1, 0.15) is 11.5 Å². The average molecular weight is 392 g/mol. The van der Waals surface area contributed by atoms with Crippen molar-refractivity contribution < 1.29 is 14.6 Å². The maximum absolute atomic E-state index is 10.1. The number of nitrogen functional groups attached to an aromatic ring is 1. The molecule has 1 saturated heterocycles. The molecule has 29 heavy (non-hydrogen) atoms. The lowest BCUT2D eigenvalue weighted by Gasteiger charge is -2.30. The molecule has 3 aromatic rings. The second-order valence-corrected chi connectivity index (χ2v) is 6.55. The highest BCUT2D eigenvalue weighted by Crippen LogP contribution is 2.34. The summed E-state index contributed by atoms with van der Waals surface area (Å²) < 4.78 is 11.0. The minimum atomic E-state index is 0.0196. The number of anilines is 4. The lowest BCUT2D eigenvalue weighted by molar-refractivity contribution is 0.122. The number of benzene rings is 2. The largest absolute Gasteiger partial charge is 0.507 e. The Bertz CT molecular complexity index is 985. The van der Waals surface area contributed by atoms with Crippen molar-refractivity contribution in [3.05, 3.63) is 48.7 Å². The molecule has 0 unspecified atom stereocenters. The maximum atomic E-state index is 10.1. The summed E-state index contributed by atoms with van der Waals surface area (Å²) in [5.74, 6) is 1.16. The number of phenols is 1. The molecule has 4 rings (SSSR count). The maximum Gasteiger partial charge on any atom is 0.227 e. The van der Waals surface area contributed by atoms with Crippen molar-refractivity contribution in [3.8, 4) is 22.8 Å². The van der Waals surface area contributed by atoms with Gasteiger partial charge < -0.3 is 30.5 Å². The van der Waals surface area contributed by atoms with Crippen LogP contribution in [0.2, 0.25) is 0 Å². The molecule has 1 aliphatic rings. The monoisotopic (exact) mass is 392 g/mol. The van der Waals surface area contributed by atoms with Crippen LogP contribution in [0.1, 0.15) is 0 Å². The van der Waals surface area contributed by atoms with Gasteiger partial charge in [-0.25, -0.2) is 9.97 Å². The molecular formula is C21H22N5O3. The third-order valence-electron chi connectivity index (χ3n) is 4.70. The molecule has 1 aromatic heterocycles. The summed E-state index contributed by atoms with van der Waals surface area (Å²) in [6, 6.07) is 13.4. The van der Waals surface area contributed by atoms with Crippen molar-refractivity contribution in [3.63, 3.8) is 0 Å². The van der Waals surface area contributed by atoms with Crippen LogP contribution in [0.15, 0.2) is 42.6 Å². The molecule has 0 atom stereocenters. The fourth-order valence-electron chi connectivity index (χ4n) is 3.29. The fourth-order valence-corrected chi connectivity index (χ4v) is 3.29. The van der Waals surface area contributed by atoms with E-state index < -0.39 is 0 Å². The minimum Gasteiger partial charge on any atom is -0.507 e. The summed E-state index contributed by atoms with van der Waals surface area (Å²) in [7, 11) is 1.65. The first-order valence-corrected chi connectivity index (χ1v) is 9.25. The van der Waals surface area contributed by atoms with Crippen molar-refractivity contribution in [1.82, 2.24) is 9.97 Å². The average Bonchev–Trinajstić information content (AvgIpc) is 2.74. The van der Waals surface area contributed by atoms with Crippen LogP contribution < -0.4 is 20.7 Å². The smallest absolute Gasteiger partial charge is 0.227 e. The molecule has 1 radical (unpaired) electrons. The van der Waals surface area contributed by atoms with Crippen LogP contribution >= 0.6 is 0 Å². The van der Waals surface area contributed by atoms with Gasteiger partial charge in [-0.3, -0.25) is 0 Å². The zero-order valence-electron chi connectivity index (χ0n) is 16.1. The van der Waals surface area contributed by atoms with Crippen LogP contribution in [0, 0.1) is 6.07 Å². The topological polar surface area (TPSA) is 106 Å². The number of rotatable bonds is 5. The van der Waals surface area contributed by atoms with Crippen molar-refractivity contribution in [2.24, 2.45) is 0 Å². The Hall–Kier alpha value is -3.52. The van der Waals surface area contributed by atoms with Gasteiger partial charge in [0.05, 0.1) is 37.3 Å². The van der Waals surface area contributed by atoms with Gasteiger partial charge in [-0.2, -0.15) is 0 Å². The Balaban J connectivity index is 1.60. The quantitative estimate of drug-likeness (QED) is 0.569. The third-order valence-corrected chi connectivity index (χ3v) is 4.70. The van der Waals surface area contributed by atoms with Gasteiger partial charge in [-0.15, -0.1) is 0 Å². The van der Waals surface area contributed by atoms with E-state index in [4.69, 9.17) is 15.2 Å². The summed E-state index contributed by atoms with van der Waals surface area (Å²) in [6.07, 6.45) is 1.61. The molecule has 0 spiro atoms. The third kappa shape index (κ3) is 4.02. The number of aromatic nitrogens is 2. The van der Waals surface area contributed by atoms with Crippen molar-refractivity contribution in [2.45, 2.75) is 0 Å². The zero-order valence-corrected chi connectivity index (χ0v) is 16.1. The van der Waals surface area contributed by atoms with E-state index in [1.165, 1.54) is 6.07 Å². The number of morpholine rings is 1. The van der Waals surface area contributed by atoms with E-state index in [1.807, 2.05) is 18.2 Å². The van der Waals surface area contributed by atoms with Gasteiger partial charge in [0.15, 0.2) is 0 Å². The minimum absolute atomic E-state index is 0.0196. The van der Waals surface area contributed by atoms with Crippen LogP contribution in [-0.4, -0.2) is 48.5 Å². The van der Waals surface area contributed by atoms with E-state index in [0.29, 0.717) is 36.1 Å². The highest BCUT2D eigenvalue weighted by Gasteiger charge is 2.16. The first-order valence-electron chi connectivity index (χ1n) is 9.25. The van der Waals surface area contributed by atoms with Gasteiger partial charge in [-0.05, 0) is 36.4 Å². The summed E-state index contributed by atoms with van der Waals surface area (Å²) in [5.41, 5.74) is 9.15. The van der Waals surface area contributed by atoms with Crippen LogP contribution in [0.5, 0.6) is 11.5 Å². The van der Waals surface area contributed by atoms with Gasteiger partial charge in [0.25, 0.3) is 0 Å². The predicted molar refractivity (Wildman–Crippen MR) is 112 cm³/mol. The number of hydrogen-bond donors (Lipinski definition) is 3. The Morgan fingerprint density at radius 3 is 2.83 bits per heavy atom. The van der Waals surface area contributed by atoms with E-state index >= 15 is 0 Å². The number of hydrogen-bond acceptors (Lipinski definition) is 8. The molecule has 1 aliphatic heterocycles. The number of nitrogens with one attached hydrogen (secondary N) is 1. The van der Waals surface area contributed by atoms with Crippen LogP contribution in [-0.2, 0) is 4.74 Å². The molecule has 0 saturated carbocycles. The summed E-state index contributed by atoms with van der Waals surface area (Å²) in [6.45, 7) is 3.06. The standard InChI is InChI=1S/C21H22N5O3/c1-28-19-13-14(5-6-17(19)26-9-11-29-12-10-26)24-21-23-8-7-16(25-21)20-15(22)3-2-4-18(20)27/h3-8,13,27H,9-12,22H2,1H3,(H,23,24,25). The highest BCUT2D eigenvalue weighted by atomic mass is 16.5. The molecule has 0 aliphatic carbocycles. The fraction of sp³-hybridized carbons (Fsp3) is 0.238. The molecule has 8 heteroatoms. The first-order chi connectivity index (χ1) is 14.2. The van der Waals surface area contributed by atoms with E-state index in [2.05, 4.69) is 26.3 Å². The van der Waals surface area contributed by atoms with E-state index in [0.717, 1.165) is 30.2 Å². The second-order valence-electron chi connectivity index (χ2n) is 6.55. The van der Waals surface area contributed by atoms with Crippen LogP contribution in [0.3, 0.4) is 0 Å². The van der Waals surface area contributed by atoms with E-state index in [1.54, 1.807) is 25.4 Å². The summed E-state index contributed by atoms with van der Waals surface area (Å²) in [4.78, 5) is 11.0. The molecule has 8 nitrogen and oxygen atoms in total. The molecule has 4 N–H and O–H groups in total. The Morgan fingerprint density at radius 1 is 1.24 bits per heavy atom. The van der Waals surface area contributed by atoms with Crippen LogP contribution in [0.25, 0.3) is 11.3 Å². The molecule has 2 aromatic carbocycles. The van der Waals surface area contributed by atoms with Gasteiger partial charge in [0, 0.05) is 36.7 Å². The first kappa shape index (κ1) is 18.8. The zero-order chi connectivity index (χ0) is 20.2. The number of nitrogens with zero attached hydrogens (tertiary/aromatic N) is 3. The summed E-state index contributed by atoms with van der Waals surface area (Å²) in [5, 5.41) is 13.3. The Morgan fingerprint density at radius 2 is 2.07 bits per heavy atom. The Labute approximate surface area is 168 Å². The molecule has 0 bridgehead atoms. The number of ether oxygens (including phenoxy) is 2. The van der Waals surface area contributed by atoms with Gasteiger partial charge >= 0.3 is 0 Å². The predicted octanol–water partition coefficient (Wildman–Crippen LogP) is 2.82. The molecule has 1 fully saturated rings. The van der Waals surface area contributed by atoms with Gasteiger partial charge in [0.2, 0.25) is 5.95 Å². The van der Waals surface area contributed by atoms with E-state index in [-0.39, 0.29) is 5.75 Å². The lowest BCUT2D eigenvalue weighted by Crippen LogP contribution is -2.36. The molecule has 0 amide bonds. The second kappa shape index (κ2) is 8.24. The molecule has 149 valence electrons. The Kier molecular flexibility index (Phi) is 5.35. The van der Waals surface area contributed by atoms with Crippen LogP contribution in [0.4, 0.5) is 23.0 Å². The van der Waals surface area contributed by atoms with Crippen molar-refractivity contribution in [2.75, 3.05) is 49.4 Å². The number of phenolic OH excluding ortho intramolecular Hbond substituents is 1. The molecular weight excluding hydrogens is 370 g/mol. The SMILES string of the molecule is COc1cc(Nc2nccc(-c3c(N)c[c]cc3O)n2)ccc1N1CCOCC1. The number of aromatic hydroxyl groups is 1. The number of methoxy groups -OCH3 is 1. The van der Waals surface area contributed by atoms with Crippen molar-refractivity contribution in [1.29, 1.82) is 0 Å².